The maximum absolute atomic E-state index is 14.0. The SMILES string of the molecule is Cc1ccc(C(=O)N2CCC(NC(=O)c3ccc(C(=O)O)cc3F)CC2)cc1. The van der Waals surface area contributed by atoms with Crippen molar-refractivity contribution >= 4 is 17.8 Å². The van der Waals surface area contributed by atoms with Crippen LogP contribution in [0, 0.1) is 12.7 Å². The van der Waals surface area contributed by atoms with Crippen molar-refractivity contribution in [1.29, 1.82) is 0 Å². The molecule has 1 heterocycles. The predicted octanol–water partition coefficient (Wildman–Crippen LogP) is 2.87. The van der Waals surface area contributed by atoms with Crippen LogP contribution in [0.3, 0.4) is 0 Å². The molecule has 2 N–H and O–H groups in total. The molecule has 0 radical (unpaired) electrons. The van der Waals surface area contributed by atoms with Crippen LogP contribution in [0.1, 0.15) is 49.5 Å². The molecule has 0 saturated carbocycles. The summed E-state index contributed by atoms with van der Waals surface area (Å²) in [5.74, 6) is -2.75. The van der Waals surface area contributed by atoms with Crippen LogP contribution in [0.25, 0.3) is 0 Å². The monoisotopic (exact) mass is 384 g/mol. The molecule has 1 fully saturated rings. The maximum atomic E-state index is 14.0. The van der Waals surface area contributed by atoms with Gasteiger partial charge in [0.05, 0.1) is 11.1 Å². The zero-order chi connectivity index (χ0) is 20.3. The molecular weight excluding hydrogens is 363 g/mol. The minimum absolute atomic E-state index is 0.0416. The van der Waals surface area contributed by atoms with Crippen molar-refractivity contribution in [1.82, 2.24) is 10.2 Å². The number of carbonyl (C=O) groups excluding carboxylic acids is 2. The molecule has 3 rings (SSSR count). The molecule has 6 nitrogen and oxygen atoms in total. The smallest absolute Gasteiger partial charge is 0.335 e. The van der Waals surface area contributed by atoms with E-state index in [1.54, 1.807) is 17.0 Å². The lowest BCUT2D eigenvalue weighted by Gasteiger charge is -2.32. The maximum Gasteiger partial charge on any atom is 0.335 e. The molecule has 2 aromatic carbocycles. The number of benzene rings is 2. The predicted molar refractivity (Wildman–Crippen MR) is 101 cm³/mol. The Labute approximate surface area is 162 Å². The molecule has 7 heteroatoms. The first-order valence-electron chi connectivity index (χ1n) is 9.05. The lowest BCUT2D eigenvalue weighted by molar-refractivity contribution is 0.0684. The number of halogens is 1. The fourth-order valence-corrected chi connectivity index (χ4v) is 3.20. The molecule has 1 saturated heterocycles. The van der Waals surface area contributed by atoms with Crippen LogP contribution in [0.15, 0.2) is 42.5 Å². The summed E-state index contributed by atoms with van der Waals surface area (Å²) < 4.78 is 14.0. The van der Waals surface area contributed by atoms with Gasteiger partial charge in [-0.15, -0.1) is 0 Å². The number of carboxylic acids is 1. The molecule has 0 unspecified atom stereocenters. The average Bonchev–Trinajstić information content (AvgIpc) is 2.68. The molecule has 1 aliphatic rings. The second-order valence-electron chi connectivity index (χ2n) is 6.91. The fraction of sp³-hybridized carbons (Fsp3) is 0.286. The van der Waals surface area contributed by atoms with Crippen LogP contribution in [-0.2, 0) is 0 Å². The summed E-state index contributed by atoms with van der Waals surface area (Å²) in [4.78, 5) is 37.4. The Morgan fingerprint density at radius 1 is 1.04 bits per heavy atom. The highest BCUT2D eigenvalue weighted by Gasteiger charge is 2.25. The van der Waals surface area contributed by atoms with Crippen molar-refractivity contribution in [2.45, 2.75) is 25.8 Å². The molecule has 0 aliphatic carbocycles. The van der Waals surface area contributed by atoms with Crippen LogP contribution in [0.5, 0.6) is 0 Å². The summed E-state index contributed by atoms with van der Waals surface area (Å²) in [6.45, 7) is 2.96. The van der Waals surface area contributed by atoms with Gasteiger partial charge in [-0.3, -0.25) is 9.59 Å². The van der Waals surface area contributed by atoms with Crippen LogP contribution < -0.4 is 5.32 Å². The van der Waals surface area contributed by atoms with E-state index in [2.05, 4.69) is 5.32 Å². The van der Waals surface area contributed by atoms with E-state index >= 15 is 0 Å². The highest BCUT2D eigenvalue weighted by molar-refractivity contribution is 5.96. The van der Waals surface area contributed by atoms with E-state index in [0.717, 1.165) is 11.6 Å². The molecule has 146 valence electrons. The Bertz CT molecular complexity index is 903. The van der Waals surface area contributed by atoms with Gasteiger partial charge in [0, 0.05) is 24.7 Å². The normalized spacial score (nSPS) is 14.6. The number of carboxylic acid groups (broad SMARTS) is 1. The Morgan fingerprint density at radius 3 is 2.21 bits per heavy atom. The van der Waals surface area contributed by atoms with Gasteiger partial charge in [-0.2, -0.15) is 0 Å². The third-order valence-electron chi connectivity index (χ3n) is 4.88. The van der Waals surface area contributed by atoms with Crippen molar-refractivity contribution in [3.63, 3.8) is 0 Å². The Kier molecular flexibility index (Phi) is 5.73. The summed E-state index contributed by atoms with van der Waals surface area (Å²) >= 11 is 0. The number of hydrogen-bond acceptors (Lipinski definition) is 3. The van der Waals surface area contributed by atoms with Crippen LogP contribution in [0.2, 0.25) is 0 Å². The molecule has 2 amide bonds. The van der Waals surface area contributed by atoms with E-state index in [1.807, 2.05) is 19.1 Å². The highest BCUT2D eigenvalue weighted by atomic mass is 19.1. The van der Waals surface area contributed by atoms with Gasteiger partial charge in [0.1, 0.15) is 5.82 Å². The molecule has 0 spiro atoms. The topological polar surface area (TPSA) is 86.7 Å². The first kappa shape index (κ1) is 19.5. The molecule has 0 aromatic heterocycles. The van der Waals surface area contributed by atoms with E-state index in [4.69, 9.17) is 5.11 Å². The minimum Gasteiger partial charge on any atom is -0.478 e. The van der Waals surface area contributed by atoms with E-state index in [-0.39, 0.29) is 23.1 Å². The summed E-state index contributed by atoms with van der Waals surface area (Å²) in [7, 11) is 0. The highest BCUT2D eigenvalue weighted by Crippen LogP contribution is 2.16. The molecule has 0 atom stereocenters. The number of amides is 2. The summed E-state index contributed by atoms with van der Waals surface area (Å²) in [6, 6.07) is 10.4. The third-order valence-corrected chi connectivity index (χ3v) is 4.88. The van der Waals surface area contributed by atoms with Gasteiger partial charge in [0.25, 0.3) is 11.8 Å². The van der Waals surface area contributed by atoms with Gasteiger partial charge in [-0.1, -0.05) is 17.7 Å². The number of aryl methyl sites for hydroxylation is 1. The average molecular weight is 384 g/mol. The van der Waals surface area contributed by atoms with Gasteiger partial charge < -0.3 is 15.3 Å². The van der Waals surface area contributed by atoms with Gasteiger partial charge in [0.15, 0.2) is 0 Å². The number of nitrogens with one attached hydrogen (secondary N) is 1. The van der Waals surface area contributed by atoms with E-state index in [9.17, 15) is 18.8 Å². The van der Waals surface area contributed by atoms with E-state index in [1.165, 1.54) is 12.1 Å². The molecule has 28 heavy (non-hydrogen) atoms. The zero-order valence-electron chi connectivity index (χ0n) is 15.4. The van der Waals surface area contributed by atoms with Gasteiger partial charge in [0.2, 0.25) is 0 Å². The summed E-state index contributed by atoms with van der Waals surface area (Å²) in [6.07, 6.45) is 1.14. The molecule has 0 bridgehead atoms. The first-order valence-corrected chi connectivity index (χ1v) is 9.05. The quantitative estimate of drug-likeness (QED) is 0.849. The van der Waals surface area contributed by atoms with Crippen molar-refractivity contribution in [2.24, 2.45) is 0 Å². The van der Waals surface area contributed by atoms with Gasteiger partial charge >= 0.3 is 5.97 Å². The number of likely N-dealkylation sites (tertiary alicyclic amines) is 1. The number of rotatable bonds is 4. The largest absolute Gasteiger partial charge is 0.478 e. The Balaban J connectivity index is 1.56. The number of aromatic carboxylic acids is 1. The van der Waals surface area contributed by atoms with Crippen molar-refractivity contribution in [2.75, 3.05) is 13.1 Å². The first-order chi connectivity index (χ1) is 13.3. The third kappa shape index (κ3) is 4.36. The molecular formula is C21H21FN2O4. The van der Waals surface area contributed by atoms with Crippen LogP contribution in [0.4, 0.5) is 4.39 Å². The van der Waals surface area contributed by atoms with Crippen molar-refractivity contribution in [3.05, 3.63) is 70.5 Å². The van der Waals surface area contributed by atoms with Crippen molar-refractivity contribution < 1.29 is 23.9 Å². The van der Waals surface area contributed by atoms with Crippen LogP contribution >= 0.6 is 0 Å². The number of piperidine rings is 1. The molecule has 1 aliphatic heterocycles. The van der Waals surface area contributed by atoms with Gasteiger partial charge in [-0.25, -0.2) is 9.18 Å². The fourth-order valence-electron chi connectivity index (χ4n) is 3.20. The number of hydrogen-bond donors (Lipinski definition) is 2. The Morgan fingerprint density at radius 2 is 1.64 bits per heavy atom. The standard InChI is InChI=1S/C21H21FN2O4/c1-13-2-4-14(5-3-13)20(26)24-10-8-16(9-11-24)23-19(25)17-7-6-15(21(27)28)12-18(17)22/h2-7,12,16H,8-11H2,1H3,(H,23,25)(H,27,28). The minimum atomic E-state index is -1.25. The second-order valence-corrected chi connectivity index (χ2v) is 6.91. The number of nitrogens with zero attached hydrogens (tertiary/aromatic N) is 1. The lowest BCUT2D eigenvalue weighted by atomic mass is 10.0. The lowest BCUT2D eigenvalue weighted by Crippen LogP contribution is -2.46. The van der Waals surface area contributed by atoms with Crippen LogP contribution in [-0.4, -0.2) is 46.9 Å². The number of carbonyl (C=O) groups is 3. The summed E-state index contributed by atoms with van der Waals surface area (Å²) in [5.41, 5.74) is 1.32. The molecule has 2 aromatic rings. The van der Waals surface area contributed by atoms with E-state index in [0.29, 0.717) is 31.5 Å². The summed E-state index contributed by atoms with van der Waals surface area (Å²) in [5, 5.41) is 11.6. The second kappa shape index (κ2) is 8.21. The van der Waals surface area contributed by atoms with E-state index < -0.39 is 17.7 Å². The van der Waals surface area contributed by atoms with Gasteiger partial charge in [-0.05, 0) is 50.1 Å². The van der Waals surface area contributed by atoms with Crippen molar-refractivity contribution in [3.8, 4) is 0 Å². The Hall–Kier alpha value is -3.22. The zero-order valence-corrected chi connectivity index (χ0v) is 15.4.